The maximum atomic E-state index is 11.0. The minimum Gasteiger partial charge on any atom is -0.298 e. The molecule has 1 heterocycles. The van der Waals surface area contributed by atoms with Crippen molar-refractivity contribution in [1.82, 2.24) is 0 Å². The fraction of sp³-hybridized carbons (Fsp3) is 0.0909. The summed E-state index contributed by atoms with van der Waals surface area (Å²) < 4.78 is 1.06. The number of carbonyl (C=O) groups excluding carboxylic acids is 1. The zero-order valence-corrected chi connectivity index (χ0v) is 15.6. The van der Waals surface area contributed by atoms with Gasteiger partial charge < -0.3 is 0 Å². The number of carbonyl (C=O) groups is 1. The molecule has 4 heteroatoms. The van der Waals surface area contributed by atoms with Gasteiger partial charge in [-0.15, -0.1) is 0 Å². The number of hydrogen-bond acceptors (Lipinski definition) is 3. The number of hydrazone groups is 1. The highest BCUT2D eigenvalue weighted by Crippen LogP contribution is 2.37. The van der Waals surface area contributed by atoms with E-state index in [2.05, 4.69) is 45.2 Å². The topological polar surface area (TPSA) is 32.7 Å². The fourth-order valence-corrected chi connectivity index (χ4v) is 3.65. The monoisotopic (exact) mass is 404 g/mol. The van der Waals surface area contributed by atoms with Crippen molar-refractivity contribution in [3.8, 4) is 0 Å². The Morgan fingerprint density at radius 3 is 2.42 bits per heavy atom. The molecule has 0 radical (unpaired) electrons. The van der Waals surface area contributed by atoms with Crippen molar-refractivity contribution in [2.45, 2.75) is 12.5 Å². The van der Waals surface area contributed by atoms with E-state index in [1.54, 1.807) is 0 Å². The minimum absolute atomic E-state index is 0.116. The molecule has 0 bridgehead atoms. The van der Waals surface area contributed by atoms with Gasteiger partial charge in [-0.05, 0) is 47.5 Å². The first-order valence-corrected chi connectivity index (χ1v) is 9.27. The molecule has 0 spiro atoms. The van der Waals surface area contributed by atoms with E-state index < -0.39 is 0 Å². The van der Waals surface area contributed by atoms with E-state index >= 15 is 0 Å². The number of nitrogens with zero attached hydrogens (tertiary/aromatic N) is 2. The summed E-state index contributed by atoms with van der Waals surface area (Å²) in [6.07, 6.45) is 1.69. The molecule has 4 rings (SSSR count). The standard InChI is InChI=1S/C22H17BrN2O/c23-19-8-4-7-18(13-19)22-14-21(17-5-2-1-3-6-17)24-25(22)20-11-9-16(15-26)10-12-20/h1-13,15,22H,14H2/t22-/m0/s1. The van der Waals surface area contributed by atoms with Gasteiger partial charge in [0, 0.05) is 16.5 Å². The Kier molecular flexibility index (Phi) is 4.67. The lowest BCUT2D eigenvalue weighted by Gasteiger charge is -2.24. The average Bonchev–Trinajstić information content (AvgIpc) is 3.14. The van der Waals surface area contributed by atoms with Gasteiger partial charge in [0.05, 0.1) is 17.4 Å². The molecule has 1 aliphatic rings. The van der Waals surface area contributed by atoms with Crippen LogP contribution in [0, 0.1) is 0 Å². The smallest absolute Gasteiger partial charge is 0.150 e. The minimum atomic E-state index is 0.116. The fourth-order valence-electron chi connectivity index (χ4n) is 3.23. The summed E-state index contributed by atoms with van der Waals surface area (Å²) in [7, 11) is 0. The molecular weight excluding hydrogens is 388 g/mol. The predicted molar refractivity (Wildman–Crippen MR) is 109 cm³/mol. The van der Waals surface area contributed by atoms with E-state index in [0.29, 0.717) is 5.56 Å². The summed E-state index contributed by atoms with van der Waals surface area (Å²) in [5, 5.41) is 6.97. The third kappa shape index (κ3) is 3.33. The van der Waals surface area contributed by atoms with Crippen LogP contribution in [0.4, 0.5) is 5.69 Å². The van der Waals surface area contributed by atoms with Crippen LogP contribution in [-0.4, -0.2) is 12.0 Å². The van der Waals surface area contributed by atoms with Crippen LogP contribution in [0.2, 0.25) is 0 Å². The lowest BCUT2D eigenvalue weighted by atomic mass is 9.98. The first-order chi connectivity index (χ1) is 12.7. The van der Waals surface area contributed by atoms with Crippen LogP contribution in [0.1, 0.15) is 33.9 Å². The molecule has 0 saturated carbocycles. The summed E-state index contributed by atoms with van der Waals surface area (Å²) in [6, 6.07) is 26.3. The molecule has 1 atom stereocenters. The summed E-state index contributed by atoms with van der Waals surface area (Å²) in [6.45, 7) is 0. The van der Waals surface area contributed by atoms with Crippen molar-refractivity contribution >= 4 is 33.6 Å². The SMILES string of the molecule is O=Cc1ccc(N2N=C(c3ccccc3)C[C@H]2c2cccc(Br)c2)cc1. The highest BCUT2D eigenvalue weighted by molar-refractivity contribution is 9.10. The van der Waals surface area contributed by atoms with Crippen LogP contribution < -0.4 is 5.01 Å². The van der Waals surface area contributed by atoms with Gasteiger partial charge in [0.15, 0.2) is 0 Å². The van der Waals surface area contributed by atoms with Gasteiger partial charge in [-0.1, -0.05) is 58.4 Å². The number of aldehydes is 1. The molecule has 0 aliphatic carbocycles. The highest BCUT2D eigenvalue weighted by Gasteiger charge is 2.29. The Balaban J connectivity index is 1.75. The van der Waals surface area contributed by atoms with Crippen molar-refractivity contribution in [2.75, 3.05) is 5.01 Å². The van der Waals surface area contributed by atoms with E-state index in [1.807, 2.05) is 54.6 Å². The molecule has 0 saturated heterocycles. The highest BCUT2D eigenvalue weighted by atomic mass is 79.9. The molecule has 0 amide bonds. The Morgan fingerprint density at radius 2 is 1.73 bits per heavy atom. The molecule has 0 N–H and O–H groups in total. The second-order valence-corrected chi connectivity index (χ2v) is 7.16. The molecule has 3 nitrogen and oxygen atoms in total. The molecule has 0 unspecified atom stereocenters. The summed E-state index contributed by atoms with van der Waals surface area (Å²) >= 11 is 3.57. The molecule has 3 aromatic carbocycles. The van der Waals surface area contributed by atoms with Crippen molar-refractivity contribution in [3.05, 3.63) is 100 Å². The molecule has 0 aromatic heterocycles. The lowest BCUT2D eigenvalue weighted by molar-refractivity contribution is 0.112. The van der Waals surface area contributed by atoms with Gasteiger partial charge in [0.25, 0.3) is 0 Å². The van der Waals surface area contributed by atoms with Crippen LogP contribution in [0.25, 0.3) is 0 Å². The van der Waals surface area contributed by atoms with Gasteiger partial charge in [0.2, 0.25) is 0 Å². The average molecular weight is 405 g/mol. The first-order valence-electron chi connectivity index (χ1n) is 8.47. The largest absolute Gasteiger partial charge is 0.298 e. The van der Waals surface area contributed by atoms with Crippen molar-refractivity contribution in [2.24, 2.45) is 5.10 Å². The Bertz CT molecular complexity index is 951. The van der Waals surface area contributed by atoms with Crippen LogP contribution >= 0.6 is 15.9 Å². The zero-order valence-electron chi connectivity index (χ0n) is 14.0. The Morgan fingerprint density at radius 1 is 0.962 bits per heavy atom. The molecule has 0 fully saturated rings. The van der Waals surface area contributed by atoms with Gasteiger partial charge in [0.1, 0.15) is 6.29 Å². The van der Waals surface area contributed by atoms with Gasteiger partial charge in [-0.3, -0.25) is 9.80 Å². The second-order valence-electron chi connectivity index (χ2n) is 6.24. The Labute approximate surface area is 161 Å². The van der Waals surface area contributed by atoms with Gasteiger partial charge in [-0.2, -0.15) is 5.10 Å². The molecule has 3 aromatic rings. The molecule has 128 valence electrons. The van der Waals surface area contributed by atoms with Crippen LogP contribution in [0.3, 0.4) is 0 Å². The number of hydrogen-bond donors (Lipinski definition) is 0. The first kappa shape index (κ1) is 16.7. The summed E-state index contributed by atoms with van der Waals surface area (Å²) in [5.74, 6) is 0. The predicted octanol–water partition coefficient (Wildman–Crippen LogP) is 5.62. The van der Waals surface area contributed by atoms with E-state index in [1.165, 1.54) is 5.56 Å². The Hall–Kier alpha value is -2.72. The summed E-state index contributed by atoms with van der Waals surface area (Å²) in [4.78, 5) is 11.0. The van der Waals surface area contributed by atoms with E-state index in [-0.39, 0.29) is 6.04 Å². The maximum absolute atomic E-state index is 11.0. The van der Waals surface area contributed by atoms with Gasteiger partial charge in [-0.25, -0.2) is 0 Å². The number of rotatable bonds is 4. The van der Waals surface area contributed by atoms with Crippen LogP contribution in [-0.2, 0) is 0 Å². The third-order valence-corrected chi connectivity index (χ3v) is 5.04. The lowest BCUT2D eigenvalue weighted by Crippen LogP contribution is -2.18. The van der Waals surface area contributed by atoms with Crippen LogP contribution in [0.5, 0.6) is 0 Å². The van der Waals surface area contributed by atoms with Crippen LogP contribution in [0.15, 0.2) is 88.4 Å². The van der Waals surface area contributed by atoms with Crippen molar-refractivity contribution < 1.29 is 4.79 Å². The maximum Gasteiger partial charge on any atom is 0.150 e. The van der Waals surface area contributed by atoms with E-state index in [0.717, 1.165) is 34.1 Å². The van der Waals surface area contributed by atoms with Gasteiger partial charge >= 0.3 is 0 Å². The number of benzene rings is 3. The second kappa shape index (κ2) is 7.26. The normalized spacial score (nSPS) is 16.4. The summed E-state index contributed by atoms with van der Waals surface area (Å²) in [5.41, 5.74) is 5.05. The quantitative estimate of drug-likeness (QED) is 0.528. The zero-order chi connectivity index (χ0) is 17.9. The molecule has 26 heavy (non-hydrogen) atoms. The van der Waals surface area contributed by atoms with Crippen molar-refractivity contribution in [1.29, 1.82) is 0 Å². The number of anilines is 1. The van der Waals surface area contributed by atoms with Crippen molar-refractivity contribution in [3.63, 3.8) is 0 Å². The third-order valence-electron chi connectivity index (χ3n) is 4.54. The molecular formula is C22H17BrN2O. The molecule has 1 aliphatic heterocycles. The van der Waals surface area contributed by atoms with E-state index in [4.69, 9.17) is 5.10 Å². The van der Waals surface area contributed by atoms with E-state index in [9.17, 15) is 4.79 Å². The number of halogens is 1.